The molecule has 23 heavy (non-hydrogen) atoms. The number of unbranched alkanes of at least 4 members (excludes halogenated alkanes) is 3. The van der Waals surface area contributed by atoms with Crippen LogP contribution in [0.25, 0.3) is 0 Å². The molecule has 0 aromatic heterocycles. The molecular formula is C17H32N2O4. The van der Waals surface area contributed by atoms with Gasteiger partial charge in [-0.05, 0) is 27.2 Å². The van der Waals surface area contributed by atoms with Gasteiger partial charge in [-0.3, -0.25) is 4.79 Å². The largest absolute Gasteiger partial charge is 0.444 e. The Balaban J connectivity index is 2.30. The van der Waals surface area contributed by atoms with Crippen molar-refractivity contribution < 1.29 is 19.4 Å². The molecule has 1 saturated heterocycles. The Morgan fingerprint density at radius 3 is 2.52 bits per heavy atom. The fraction of sp³-hybridized carbons (Fsp3) is 0.882. The quantitative estimate of drug-likeness (QED) is 0.703. The van der Waals surface area contributed by atoms with Crippen molar-refractivity contribution in [2.75, 3.05) is 19.6 Å². The lowest BCUT2D eigenvalue weighted by Gasteiger charge is -2.24. The van der Waals surface area contributed by atoms with Gasteiger partial charge in [0.15, 0.2) is 0 Å². The number of carbonyl (C=O) groups is 2. The smallest absolute Gasteiger partial charge is 0.410 e. The van der Waals surface area contributed by atoms with E-state index in [2.05, 4.69) is 12.2 Å². The molecule has 1 aliphatic heterocycles. The summed E-state index contributed by atoms with van der Waals surface area (Å²) in [6.07, 6.45) is 3.76. The van der Waals surface area contributed by atoms with Crippen LogP contribution in [0.2, 0.25) is 0 Å². The molecule has 1 rings (SSSR count). The number of likely N-dealkylation sites (tertiary alicyclic amines) is 1. The van der Waals surface area contributed by atoms with Gasteiger partial charge in [0.25, 0.3) is 0 Å². The molecule has 2 atom stereocenters. The van der Waals surface area contributed by atoms with E-state index in [1.54, 1.807) is 0 Å². The van der Waals surface area contributed by atoms with Crippen LogP contribution < -0.4 is 5.32 Å². The first kappa shape index (κ1) is 19.7. The molecule has 1 fully saturated rings. The zero-order valence-electron chi connectivity index (χ0n) is 14.9. The summed E-state index contributed by atoms with van der Waals surface area (Å²) in [6.45, 7) is 8.64. The van der Waals surface area contributed by atoms with E-state index in [0.717, 1.165) is 25.7 Å². The molecule has 0 spiro atoms. The van der Waals surface area contributed by atoms with Crippen molar-refractivity contribution in [2.45, 2.75) is 71.5 Å². The number of nitrogens with one attached hydrogen (secondary N) is 1. The number of ether oxygens (including phenoxy) is 1. The molecule has 0 aromatic carbocycles. The maximum absolute atomic E-state index is 12.0. The van der Waals surface area contributed by atoms with Crippen LogP contribution in [0, 0.1) is 5.92 Å². The number of hydrogen-bond donors (Lipinski definition) is 2. The summed E-state index contributed by atoms with van der Waals surface area (Å²) >= 11 is 0. The summed E-state index contributed by atoms with van der Waals surface area (Å²) in [7, 11) is 0. The Labute approximate surface area is 139 Å². The average molecular weight is 328 g/mol. The Bertz CT molecular complexity index is 393. The Morgan fingerprint density at radius 2 is 1.91 bits per heavy atom. The molecule has 2 amide bonds. The van der Waals surface area contributed by atoms with Gasteiger partial charge in [0, 0.05) is 25.4 Å². The topological polar surface area (TPSA) is 78.9 Å². The molecule has 0 aromatic rings. The summed E-state index contributed by atoms with van der Waals surface area (Å²) in [6, 6.07) is 0. The van der Waals surface area contributed by atoms with Crippen molar-refractivity contribution in [3.63, 3.8) is 0 Å². The number of rotatable bonds is 7. The number of amides is 2. The van der Waals surface area contributed by atoms with Gasteiger partial charge in [0.1, 0.15) is 5.60 Å². The Hall–Kier alpha value is -1.30. The third kappa shape index (κ3) is 7.68. The van der Waals surface area contributed by atoms with Crippen molar-refractivity contribution >= 4 is 12.0 Å². The molecular weight excluding hydrogens is 296 g/mol. The second kappa shape index (κ2) is 9.11. The minimum absolute atomic E-state index is 0.0176. The number of carbonyl (C=O) groups excluding carboxylic acids is 2. The molecule has 0 aliphatic carbocycles. The molecule has 6 heteroatoms. The van der Waals surface area contributed by atoms with Crippen molar-refractivity contribution in [1.82, 2.24) is 10.2 Å². The highest BCUT2D eigenvalue weighted by atomic mass is 16.6. The summed E-state index contributed by atoms with van der Waals surface area (Å²) in [5.41, 5.74) is -0.549. The Kier molecular flexibility index (Phi) is 7.82. The predicted octanol–water partition coefficient (Wildman–Crippen LogP) is 2.30. The lowest BCUT2D eigenvalue weighted by Crippen LogP contribution is -2.36. The highest BCUT2D eigenvalue weighted by Gasteiger charge is 2.36. The lowest BCUT2D eigenvalue weighted by molar-refractivity contribution is -0.121. The van der Waals surface area contributed by atoms with Crippen LogP contribution in [0.4, 0.5) is 4.79 Å². The van der Waals surface area contributed by atoms with Gasteiger partial charge in [0.2, 0.25) is 5.91 Å². The molecule has 2 N–H and O–H groups in total. The van der Waals surface area contributed by atoms with E-state index in [1.807, 2.05) is 20.8 Å². The monoisotopic (exact) mass is 328 g/mol. The standard InChI is InChI=1S/C17H32N2O4/c1-5-6-7-8-9-15(21)18-10-13-11-19(12-14(13)20)16(22)23-17(2,3)4/h13-14,20H,5-12H2,1-4H3,(H,18,21)/t13-,14-/m1/s1. The molecule has 134 valence electrons. The van der Waals surface area contributed by atoms with E-state index in [9.17, 15) is 14.7 Å². The second-order valence-corrected chi connectivity index (χ2v) is 7.33. The summed E-state index contributed by atoms with van der Waals surface area (Å²) < 4.78 is 5.31. The molecule has 0 saturated carbocycles. The zero-order chi connectivity index (χ0) is 17.5. The van der Waals surface area contributed by atoms with Gasteiger partial charge in [-0.1, -0.05) is 26.2 Å². The van der Waals surface area contributed by atoms with Crippen LogP contribution in [-0.2, 0) is 9.53 Å². The number of β-amino-alcohol motifs (C(OH)–C–C–N with tert-alkyl or cyclic N) is 1. The third-order valence-electron chi connectivity index (χ3n) is 3.88. The van der Waals surface area contributed by atoms with Gasteiger partial charge in [-0.2, -0.15) is 0 Å². The van der Waals surface area contributed by atoms with Crippen molar-refractivity contribution in [2.24, 2.45) is 5.92 Å². The average Bonchev–Trinajstić information content (AvgIpc) is 2.81. The van der Waals surface area contributed by atoms with Crippen molar-refractivity contribution in [3.8, 4) is 0 Å². The first-order chi connectivity index (χ1) is 10.7. The third-order valence-corrected chi connectivity index (χ3v) is 3.88. The number of aliphatic hydroxyl groups excluding tert-OH is 1. The van der Waals surface area contributed by atoms with E-state index in [4.69, 9.17) is 4.74 Å². The van der Waals surface area contributed by atoms with Crippen molar-refractivity contribution in [1.29, 1.82) is 0 Å². The van der Waals surface area contributed by atoms with E-state index < -0.39 is 17.8 Å². The first-order valence-corrected chi connectivity index (χ1v) is 8.65. The van der Waals surface area contributed by atoms with Gasteiger partial charge < -0.3 is 20.1 Å². The van der Waals surface area contributed by atoms with Gasteiger partial charge >= 0.3 is 6.09 Å². The second-order valence-electron chi connectivity index (χ2n) is 7.33. The molecule has 0 bridgehead atoms. The highest BCUT2D eigenvalue weighted by molar-refractivity contribution is 5.75. The minimum Gasteiger partial charge on any atom is -0.444 e. The lowest BCUT2D eigenvalue weighted by atomic mass is 10.1. The summed E-state index contributed by atoms with van der Waals surface area (Å²) in [5, 5.41) is 12.9. The normalized spacial score (nSPS) is 21.3. The van der Waals surface area contributed by atoms with Crippen LogP contribution in [0.3, 0.4) is 0 Å². The van der Waals surface area contributed by atoms with Crippen LogP contribution >= 0.6 is 0 Å². The van der Waals surface area contributed by atoms with Crippen molar-refractivity contribution in [3.05, 3.63) is 0 Å². The SMILES string of the molecule is CCCCCCC(=O)NC[C@@H]1CN(C(=O)OC(C)(C)C)C[C@H]1O. The summed E-state index contributed by atoms with van der Waals surface area (Å²) in [5.74, 6) is -0.119. The van der Waals surface area contributed by atoms with Gasteiger partial charge in [0.05, 0.1) is 12.6 Å². The molecule has 0 unspecified atom stereocenters. The van der Waals surface area contributed by atoms with E-state index in [1.165, 1.54) is 4.90 Å². The van der Waals surface area contributed by atoms with Gasteiger partial charge in [-0.15, -0.1) is 0 Å². The molecule has 1 heterocycles. The summed E-state index contributed by atoms with van der Waals surface area (Å²) in [4.78, 5) is 25.3. The number of hydrogen-bond acceptors (Lipinski definition) is 4. The molecule has 0 radical (unpaired) electrons. The Morgan fingerprint density at radius 1 is 1.22 bits per heavy atom. The first-order valence-electron chi connectivity index (χ1n) is 8.65. The molecule has 6 nitrogen and oxygen atoms in total. The molecule has 1 aliphatic rings. The van der Waals surface area contributed by atoms with E-state index in [0.29, 0.717) is 19.5 Å². The van der Waals surface area contributed by atoms with Crippen LogP contribution in [0.15, 0.2) is 0 Å². The van der Waals surface area contributed by atoms with Gasteiger partial charge in [-0.25, -0.2) is 4.79 Å². The number of nitrogens with zero attached hydrogens (tertiary/aromatic N) is 1. The van der Waals surface area contributed by atoms with E-state index in [-0.39, 0.29) is 18.4 Å². The fourth-order valence-corrected chi connectivity index (χ4v) is 2.58. The van der Waals surface area contributed by atoms with E-state index >= 15 is 0 Å². The maximum Gasteiger partial charge on any atom is 0.410 e. The maximum atomic E-state index is 12.0. The van der Waals surface area contributed by atoms with Crippen LogP contribution in [0.5, 0.6) is 0 Å². The fourth-order valence-electron chi connectivity index (χ4n) is 2.58. The van der Waals surface area contributed by atoms with Crippen LogP contribution in [0.1, 0.15) is 59.8 Å². The van der Waals surface area contributed by atoms with Crippen LogP contribution in [-0.4, -0.2) is 53.3 Å². The predicted molar refractivity (Wildman–Crippen MR) is 89.1 cm³/mol. The zero-order valence-corrected chi connectivity index (χ0v) is 14.9. The minimum atomic E-state index is -0.622. The number of aliphatic hydroxyl groups is 1. The highest BCUT2D eigenvalue weighted by Crippen LogP contribution is 2.19.